The first kappa shape index (κ1) is 10.2. The van der Waals surface area contributed by atoms with Crippen LogP contribution in [-0.2, 0) is 0 Å². The van der Waals surface area contributed by atoms with E-state index < -0.39 is 0 Å². The summed E-state index contributed by atoms with van der Waals surface area (Å²) >= 11 is 0. The van der Waals surface area contributed by atoms with Crippen LogP contribution in [0, 0.1) is 5.92 Å². The van der Waals surface area contributed by atoms with Gasteiger partial charge in [0.1, 0.15) is 0 Å². The van der Waals surface area contributed by atoms with Gasteiger partial charge in [-0.1, -0.05) is 37.3 Å². The minimum atomic E-state index is 0.462. The Morgan fingerprint density at radius 2 is 2.07 bits per heavy atom. The molecule has 1 aliphatic rings. The minimum Gasteiger partial charge on any atom is -0.387 e. The first-order valence-electron chi connectivity index (χ1n) is 5.62. The lowest BCUT2D eigenvalue weighted by Crippen LogP contribution is -2.15. The van der Waals surface area contributed by atoms with Gasteiger partial charge < -0.3 is 5.73 Å². The molecule has 0 saturated heterocycles. The molecule has 0 aliphatic heterocycles. The zero-order valence-electron chi connectivity index (χ0n) is 9.19. The molecule has 15 heavy (non-hydrogen) atoms. The first-order chi connectivity index (χ1) is 7.27. The molecule has 2 rings (SSSR count). The molecular formula is C13H18N2. The van der Waals surface area contributed by atoms with Gasteiger partial charge in [-0.2, -0.15) is 0 Å². The number of hydrogen-bond acceptors (Lipinski definition) is 1. The van der Waals surface area contributed by atoms with Crippen molar-refractivity contribution >= 4 is 5.84 Å². The van der Waals surface area contributed by atoms with Gasteiger partial charge in [-0.15, -0.1) is 0 Å². The first-order valence-corrected chi connectivity index (χ1v) is 5.62. The van der Waals surface area contributed by atoms with E-state index in [0.717, 1.165) is 12.4 Å². The van der Waals surface area contributed by atoms with Crippen molar-refractivity contribution in [2.45, 2.75) is 25.7 Å². The van der Waals surface area contributed by atoms with Crippen molar-refractivity contribution < 1.29 is 0 Å². The monoisotopic (exact) mass is 202 g/mol. The number of amidine groups is 1. The van der Waals surface area contributed by atoms with E-state index in [2.05, 4.69) is 36.2 Å². The van der Waals surface area contributed by atoms with Crippen molar-refractivity contribution in [1.29, 1.82) is 0 Å². The van der Waals surface area contributed by atoms with Gasteiger partial charge in [0, 0.05) is 18.4 Å². The van der Waals surface area contributed by atoms with Gasteiger partial charge in [-0.05, 0) is 18.4 Å². The highest BCUT2D eigenvalue weighted by Crippen LogP contribution is 2.29. The van der Waals surface area contributed by atoms with E-state index >= 15 is 0 Å². The van der Waals surface area contributed by atoms with Gasteiger partial charge in [-0.3, -0.25) is 4.99 Å². The minimum absolute atomic E-state index is 0.462. The van der Waals surface area contributed by atoms with E-state index in [0.29, 0.717) is 11.8 Å². The van der Waals surface area contributed by atoms with Crippen LogP contribution in [0.25, 0.3) is 0 Å². The summed E-state index contributed by atoms with van der Waals surface area (Å²) in [7, 11) is 0. The Morgan fingerprint density at radius 1 is 1.40 bits per heavy atom. The maximum atomic E-state index is 5.86. The van der Waals surface area contributed by atoms with Crippen molar-refractivity contribution in [1.82, 2.24) is 0 Å². The van der Waals surface area contributed by atoms with Crippen LogP contribution in [0.15, 0.2) is 35.3 Å². The number of hydrogen-bond donors (Lipinski definition) is 1. The number of rotatable bonds is 4. The van der Waals surface area contributed by atoms with Gasteiger partial charge in [0.05, 0.1) is 5.84 Å². The van der Waals surface area contributed by atoms with Gasteiger partial charge in [0.25, 0.3) is 0 Å². The van der Waals surface area contributed by atoms with E-state index in [1.807, 2.05) is 6.07 Å². The van der Waals surface area contributed by atoms with E-state index in [-0.39, 0.29) is 0 Å². The maximum Gasteiger partial charge on any atom is 0.0968 e. The summed E-state index contributed by atoms with van der Waals surface area (Å²) in [5, 5.41) is 0. The molecule has 2 nitrogen and oxygen atoms in total. The van der Waals surface area contributed by atoms with Crippen LogP contribution < -0.4 is 5.73 Å². The third kappa shape index (κ3) is 2.82. The van der Waals surface area contributed by atoms with E-state index in [1.165, 1.54) is 18.4 Å². The number of benzene rings is 1. The summed E-state index contributed by atoms with van der Waals surface area (Å²) in [5.74, 6) is 1.91. The molecule has 1 aromatic carbocycles. The lowest BCUT2D eigenvalue weighted by Gasteiger charge is -2.09. The third-order valence-corrected chi connectivity index (χ3v) is 2.91. The Kier molecular flexibility index (Phi) is 3.05. The van der Waals surface area contributed by atoms with Crippen LogP contribution in [0.3, 0.4) is 0 Å². The van der Waals surface area contributed by atoms with Crippen LogP contribution >= 0.6 is 0 Å². The molecule has 1 unspecified atom stereocenters. The maximum absolute atomic E-state index is 5.86. The molecule has 1 atom stereocenters. The second kappa shape index (κ2) is 4.47. The Morgan fingerprint density at radius 3 is 2.67 bits per heavy atom. The average Bonchev–Trinajstić information content (AvgIpc) is 3.10. The van der Waals surface area contributed by atoms with Gasteiger partial charge in [-0.25, -0.2) is 0 Å². The van der Waals surface area contributed by atoms with Crippen molar-refractivity contribution in [2.75, 3.05) is 6.54 Å². The van der Waals surface area contributed by atoms with Gasteiger partial charge >= 0.3 is 0 Å². The van der Waals surface area contributed by atoms with E-state index in [9.17, 15) is 0 Å². The molecule has 1 aliphatic carbocycles. The topological polar surface area (TPSA) is 38.4 Å². The predicted octanol–water partition coefficient (Wildman–Crippen LogP) is 2.56. The normalized spacial score (nSPS) is 18.9. The predicted molar refractivity (Wildman–Crippen MR) is 64.1 cm³/mol. The fourth-order valence-electron chi connectivity index (χ4n) is 1.64. The van der Waals surface area contributed by atoms with Crippen molar-refractivity contribution in [3.63, 3.8) is 0 Å². The Hall–Kier alpha value is -1.31. The van der Waals surface area contributed by atoms with Crippen LogP contribution in [0.2, 0.25) is 0 Å². The lowest BCUT2D eigenvalue weighted by atomic mass is 10.0. The number of nitrogens with zero attached hydrogens (tertiary/aromatic N) is 1. The highest BCUT2D eigenvalue weighted by molar-refractivity contribution is 5.84. The molecule has 0 aromatic heterocycles. The van der Waals surface area contributed by atoms with E-state index in [1.54, 1.807) is 0 Å². The summed E-state index contributed by atoms with van der Waals surface area (Å²) < 4.78 is 0. The molecule has 80 valence electrons. The second-order valence-corrected chi connectivity index (χ2v) is 4.35. The van der Waals surface area contributed by atoms with Crippen LogP contribution in [-0.4, -0.2) is 12.4 Å². The number of nitrogens with two attached hydrogens (primary N) is 1. The largest absolute Gasteiger partial charge is 0.387 e. The SMILES string of the molecule is CC(CN=C(N)C1CC1)c1ccccc1. The molecule has 1 aromatic rings. The fourth-order valence-corrected chi connectivity index (χ4v) is 1.64. The van der Waals surface area contributed by atoms with Gasteiger partial charge in [0.2, 0.25) is 0 Å². The lowest BCUT2D eigenvalue weighted by molar-refractivity contribution is 0.770. The Bertz CT molecular complexity index is 339. The molecule has 0 amide bonds. The molecule has 1 saturated carbocycles. The molecule has 0 heterocycles. The molecular weight excluding hydrogens is 184 g/mol. The quantitative estimate of drug-likeness (QED) is 0.591. The van der Waals surface area contributed by atoms with Crippen molar-refractivity contribution in [2.24, 2.45) is 16.6 Å². The molecule has 1 fully saturated rings. The van der Waals surface area contributed by atoms with Crippen LogP contribution in [0.1, 0.15) is 31.2 Å². The van der Waals surface area contributed by atoms with Crippen LogP contribution in [0.4, 0.5) is 0 Å². The summed E-state index contributed by atoms with van der Waals surface area (Å²) in [6.45, 7) is 3.01. The summed E-state index contributed by atoms with van der Waals surface area (Å²) in [5.41, 5.74) is 7.19. The zero-order chi connectivity index (χ0) is 10.7. The van der Waals surface area contributed by atoms with Crippen molar-refractivity contribution in [3.05, 3.63) is 35.9 Å². The Labute approximate surface area is 91.2 Å². The molecule has 2 N–H and O–H groups in total. The highest BCUT2D eigenvalue weighted by atomic mass is 14.9. The number of aliphatic imine (C=N–C) groups is 1. The second-order valence-electron chi connectivity index (χ2n) is 4.35. The smallest absolute Gasteiger partial charge is 0.0968 e. The van der Waals surface area contributed by atoms with Crippen LogP contribution in [0.5, 0.6) is 0 Å². The summed E-state index contributed by atoms with van der Waals surface area (Å²) in [6.07, 6.45) is 2.46. The highest BCUT2D eigenvalue weighted by Gasteiger charge is 2.25. The Balaban J connectivity index is 1.92. The molecule has 0 bridgehead atoms. The summed E-state index contributed by atoms with van der Waals surface area (Å²) in [6, 6.07) is 10.5. The standard InChI is InChI=1S/C13H18N2/c1-10(11-5-3-2-4-6-11)9-15-13(14)12-7-8-12/h2-6,10,12H,7-9H2,1H3,(H2,14,15). The van der Waals surface area contributed by atoms with Crippen molar-refractivity contribution in [3.8, 4) is 0 Å². The molecule has 0 radical (unpaired) electrons. The van der Waals surface area contributed by atoms with Gasteiger partial charge in [0.15, 0.2) is 0 Å². The molecule has 2 heteroatoms. The van der Waals surface area contributed by atoms with E-state index in [4.69, 9.17) is 5.73 Å². The summed E-state index contributed by atoms with van der Waals surface area (Å²) in [4.78, 5) is 4.46. The zero-order valence-corrected chi connectivity index (χ0v) is 9.19. The molecule has 0 spiro atoms. The average molecular weight is 202 g/mol. The fraction of sp³-hybridized carbons (Fsp3) is 0.462. The third-order valence-electron chi connectivity index (χ3n) is 2.91.